The van der Waals surface area contributed by atoms with Crippen LogP contribution in [0.2, 0.25) is 30.1 Å². The van der Waals surface area contributed by atoms with E-state index in [0.717, 1.165) is 0 Å². The number of rotatable bonds is 6. The molecule has 0 aliphatic heterocycles. The maximum absolute atomic E-state index is 6.37. The maximum atomic E-state index is 6.37. The molecule has 11 heteroatoms. The first kappa shape index (κ1) is 23.1. The van der Waals surface area contributed by atoms with Gasteiger partial charge in [-0.05, 0) is 12.1 Å². The van der Waals surface area contributed by atoms with Gasteiger partial charge in [-0.15, -0.1) is 46.7 Å². The molecule has 2 aromatic carbocycles. The second-order valence-electron chi connectivity index (χ2n) is 4.24. The van der Waals surface area contributed by atoms with Gasteiger partial charge in [0.15, 0.2) is 0 Å². The number of halogens is 8. The lowest BCUT2D eigenvalue weighted by molar-refractivity contribution is 1.32. The molecular weight excluding hydrogens is 548 g/mol. The van der Waals surface area contributed by atoms with Crippen molar-refractivity contribution in [2.24, 2.45) is 0 Å². The molecule has 0 heterocycles. The predicted octanol–water partition coefficient (Wildman–Crippen LogP) is 10.3. The van der Waals surface area contributed by atoms with Gasteiger partial charge in [-0.3, -0.25) is 0 Å². The monoisotopic (exact) mass is 550 g/mol. The van der Waals surface area contributed by atoms with Gasteiger partial charge in [0.25, 0.3) is 0 Å². The van der Waals surface area contributed by atoms with Crippen LogP contribution in [0.5, 0.6) is 0 Å². The second-order valence-corrected chi connectivity index (χ2v) is 10.8. The van der Waals surface area contributed by atoms with E-state index in [4.69, 9.17) is 92.8 Å². The van der Waals surface area contributed by atoms with E-state index in [9.17, 15) is 0 Å². The van der Waals surface area contributed by atoms with Crippen LogP contribution in [0.4, 0.5) is 0 Å². The van der Waals surface area contributed by atoms with E-state index in [1.54, 1.807) is 12.1 Å². The van der Waals surface area contributed by atoms with Crippen molar-refractivity contribution < 1.29 is 0 Å². The minimum absolute atomic E-state index is 0.305. The summed E-state index contributed by atoms with van der Waals surface area (Å²) >= 11 is 53.2. The van der Waals surface area contributed by atoms with Crippen molar-refractivity contribution in [3.05, 3.63) is 42.3 Å². The van der Waals surface area contributed by atoms with Crippen molar-refractivity contribution in [2.45, 2.75) is 19.6 Å². The molecule has 0 bridgehead atoms. The molecule has 0 spiro atoms. The molecule has 0 fully saturated rings. The molecular formula is C14H6Cl8S3. The highest BCUT2D eigenvalue weighted by Gasteiger charge is 2.20. The minimum atomic E-state index is 0.305. The third kappa shape index (κ3) is 5.45. The zero-order valence-corrected chi connectivity index (χ0v) is 20.3. The van der Waals surface area contributed by atoms with E-state index < -0.39 is 0 Å². The Balaban J connectivity index is 2.47. The number of hydrogen-bond acceptors (Lipinski definition) is 3. The largest absolute Gasteiger partial charge is 0.114 e. The highest BCUT2D eigenvalue weighted by molar-refractivity contribution is 8.01. The molecule has 0 aromatic heterocycles. The summed E-state index contributed by atoms with van der Waals surface area (Å²) < 4.78 is 0. The van der Waals surface area contributed by atoms with E-state index >= 15 is 0 Å². The van der Waals surface area contributed by atoms with Crippen LogP contribution in [0.15, 0.2) is 31.7 Å². The predicted molar refractivity (Wildman–Crippen MR) is 120 cm³/mol. The zero-order chi connectivity index (χ0) is 18.7. The second kappa shape index (κ2) is 10.5. The first-order valence-corrected chi connectivity index (χ1v) is 12.3. The molecule has 0 atom stereocenters. The third-order valence-electron chi connectivity index (χ3n) is 2.78. The maximum Gasteiger partial charge on any atom is 0.0755 e. The average Bonchev–Trinajstić information content (AvgIpc) is 2.57. The Morgan fingerprint density at radius 1 is 0.600 bits per heavy atom. The van der Waals surface area contributed by atoms with Crippen LogP contribution in [0, 0.1) is 0 Å². The van der Waals surface area contributed by atoms with Gasteiger partial charge in [-0.1, -0.05) is 81.4 Å². The first-order chi connectivity index (χ1) is 11.8. The van der Waals surface area contributed by atoms with Crippen molar-refractivity contribution in [1.29, 1.82) is 0 Å². The topological polar surface area (TPSA) is 0 Å². The Morgan fingerprint density at radius 2 is 0.960 bits per heavy atom. The van der Waals surface area contributed by atoms with Crippen LogP contribution in [0.1, 0.15) is 0 Å². The van der Waals surface area contributed by atoms with Crippen LogP contribution < -0.4 is 0 Å². The smallest absolute Gasteiger partial charge is 0.0755 e. The summed E-state index contributed by atoms with van der Waals surface area (Å²) in [5, 5.41) is 2.89. The van der Waals surface area contributed by atoms with Gasteiger partial charge in [-0.2, -0.15) is 0 Å². The Hall–Kier alpha value is 1.81. The van der Waals surface area contributed by atoms with Crippen LogP contribution in [0.3, 0.4) is 0 Å². The van der Waals surface area contributed by atoms with Gasteiger partial charge in [0.1, 0.15) is 0 Å². The summed E-state index contributed by atoms with van der Waals surface area (Å²) in [5.74, 6) is 0. The normalized spacial score (nSPS) is 11.2. The Kier molecular flexibility index (Phi) is 9.74. The van der Waals surface area contributed by atoms with E-state index in [0.29, 0.717) is 60.1 Å². The molecule has 0 amide bonds. The molecule has 0 radical (unpaired) electrons. The van der Waals surface area contributed by atoms with Gasteiger partial charge in [0.2, 0.25) is 0 Å². The van der Waals surface area contributed by atoms with Gasteiger partial charge in [0, 0.05) is 19.6 Å². The van der Waals surface area contributed by atoms with Gasteiger partial charge < -0.3 is 0 Å². The third-order valence-corrected chi connectivity index (χ3v) is 9.17. The number of benzene rings is 2. The van der Waals surface area contributed by atoms with Crippen LogP contribution in [-0.4, -0.2) is 10.4 Å². The highest BCUT2D eigenvalue weighted by Crippen LogP contribution is 2.50. The fourth-order valence-corrected chi connectivity index (χ4v) is 6.90. The first-order valence-electron chi connectivity index (χ1n) is 6.22. The summed E-state index contributed by atoms with van der Waals surface area (Å²) in [6.45, 7) is 0. The van der Waals surface area contributed by atoms with Crippen LogP contribution >= 0.6 is 128 Å². The summed E-state index contributed by atoms with van der Waals surface area (Å²) in [6, 6.07) is 3.41. The Morgan fingerprint density at radius 3 is 1.28 bits per heavy atom. The average molecular weight is 554 g/mol. The van der Waals surface area contributed by atoms with Gasteiger partial charge >= 0.3 is 0 Å². The molecule has 0 aliphatic rings. The van der Waals surface area contributed by atoms with Crippen molar-refractivity contribution in [3.8, 4) is 0 Å². The molecule has 0 saturated carbocycles. The standard InChI is InChI=1S/C14H6Cl8S3/c15-3-23-13-5(17)1-7(9(19)11(13)21)25-8-2-6(18)14(24-4-16)12(22)10(8)20/h1-2H,3-4H2. The van der Waals surface area contributed by atoms with E-state index in [1.165, 1.54) is 35.3 Å². The Labute approximate surface area is 198 Å². The molecule has 0 saturated heterocycles. The summed E-state index contributed by atoms with van der Waals surface area (Å²) in [5.41, 5.74) is 0. The lowest BCUT2D eigenvalue weighted by atomic mass is 10.3. The van der Waals surface area contributed by atoms with Gasteiger partial charge in [0.05, 0.1) is 40.6 Å². The van der Waals surface area contributed by atoms with Crippen LogP contribution in [0.25, 0.3) is 0 Å². The summed E-state index contributed by atoms with van der Waals surface area (Å²) in [7, 11) is 0. The van der Waals surface area contributed by atoms with Crippen molar-refractivity contribution in [2.75, 3.05) is 10.4 Å². The lowest BCUT2D eigenvalue weighted by Crippen LogP contribution is -1.87. The summed E-state index contributed by atoms with van der Waals surface area (Å²) in [4.78, 5) is 2.51. The van der Waals surface area contributed by atoms with E-state index in [-0.39, 0.29) is 0 Å². The minimum Gasteiger partial charge on any atom is -0.114 e. The highest BCUT2D eigenvalue weighted by atomic mass is 35.5. The zero-order valence-electron chi connectivity index (χ0n) is 11.8. The number of alkyl halides is 2. The molecule has 0 N–H and O–H groups in total. The van der Waals surface area contributed by atoms with E-state index in [2.05, 4.69) is 0 Å². The fraction of sp³-hybridized carbons (Fsp3) is 0.143. The SMILES string of the molecule is ClCSc1c(Cl)cc(Sc2cc(Cl)c(SCCl)c(Cl)c2Cl)c(Cl)c1Cl. The molecule has 0 unspecified atom stereocenters. The molecule has 2 rings (SSSR count). The number of hydrogen-bond donors (Lipinski definition) is 0. The molecule has 0 aliphatic carbocycles. The van der Waals surface area contributed by atoms with Crippen molar-refractivity contribution in [1.82, 2.24) is 0 Å². The number of thioether (sulfide) groups is 2. The molecule has 0 nitrogen and oxygen atoms in total. The summed E-state index contributed by atoms with van der Waals surface area (Å²) in [6.07, 6.45) is 0. The quantitative estimate of drug-likeness (QED) is 0.198. The lowest BCUT2D eigenvalue weighted by Gasteiger charge is -2.14. The Bertz CT molecular complexity index is 731. The van der Waals surface area contributed by atoms with Crippen molar-refractivity contribution >= 4 is 128 Å². The molecule has 136 valence electrons. The molecule has 2 aromatic rings. The fourth-order valence-electron chi connectivity index (χ4n) is 1.75. The van der Waals surface area contributed by atoms with Crippen LogP contribution in [-0.2, 0) is 0 Å². The molecule has 25 heavy (non-hydrogen) atoms. The van der Waals surface area contributed by atoms with Gasteiger partial charge in [-0.25, -0.2) is 0 Å². The van der Waals surface area contributed by atoms with Crippen molar-refractivity contribution in [3.63, 3.8) is 0 Å². The van der Waals surface area contributed by atoms with E-state index in [1.807, 2.05) is 0 Å².